The number of carbonyl (C=O) groups excluding carboxylic acids is 1. The quantitative estimate of drug-likeness (QED) is 0.488. The van der Waals surface area contributed by atoms with Gasteiger partial charge in [-0.1, -0.05) is 12.1 Å². The second-order valence-corrected chi connectivity index (χ2v) is 2.93. The van der Waals surface area contributed by atoms with Crippen molar-refractivity contribution in [3.63, 3.8) is 0 Å². The third-order valence-electron chi connectivity index (χ3n) is 1.69. The fourth-order valence-corrected chi connectivity index (χ4v) is 0.999. The average molecular weight is 186 g/mol. The standard InChI is InChI=1S/C10H12O3.Li/c1-7-3-4-8(2)9(5-7)13-6-10(11)12;/h3-5H,6H2,1-2H3,(H,11,12);/q;+1/p-1. The van der Waals surface area contributed by atoms with Gasteiger partial charge in [0.2, 0.25) is 0 Å². The van der Waals surface area contributed by atoms with E-state index in [4.69, 9.17) is 4.74 Å². The number of ether oxygens (including phenoxy) is 1. The summed E-state index contributed by atoms with van der Waals surface area (Å²) < 4.78 is 5.02. The number of benzene rings is 1. The van der Waals surface area contributed by atoms with Gasteiger partial charge in [0, 0.05) is 0 Å². The summed E-state index contributed by atoms with van der Waals surface area (Å²) in [7, 11) is 0. The second kappa shape index (κ2) is 5.74. The van der Waals surface area contributed by atoms with E-state index in [-0.39, 0.29) is 18.9 Å². The summed E-state index contributed by atoms with van der Waals surface area (Å²) in [5, 5.41) is 10.1. The minimum atomic E-state index is -1.21. The maximum Gasteiger partial charge on any atom is 1.00 e. The topological polar surface area (TPSA) is 49.4 Å². The Kier molecular flexibility index (Phi) is 5.37. The summed E-state index contributed by atoms with van der Waals surface area (Å²) in [6.07, 6.45) is 0. The number of carboxylic acid groups (broad SMARTS) is 1. The van der Waals surface area contributed by atoms with Gasteiger partial charge in [0.25, 0.3) is 0 Å². The van der Waals surface area contributed by atoms with E-state index in [9.17, 15) is 9.90 Å². The molecule has 1 aromatic rings. The molecule has 0 saturated heterocycles. The molecule has 0 amide bonds. The Bertz CT molecular complexity index is 323. The van der Waals surface area contributed by atoms with Crippen molar-refractivity contribution in [1.82, 2.24) is 0 Å². The average Bonchev–Trinajstić information content (AvgIpc) is 2.06. The van der Waals surface area contributed by atoms with E-state index in [0.29, 0.717) is 5.75 Å². The number of rotatable bonds is 3. The van der Waals surface area contributed by atoms with E-state index in [0.717, 1.165) is 11.1 Å². The van der Waals surface area contributed by atoms with Crippen LogP contribution in [0.3, 0.4) is 0 Å². The Labute approximate surface area is 95.3 Å². The smallest absolute Gasteiger partial charge is 0.546 e. The van der Waals surface area contributed by atoms with E-state index >= 15 is 0 Å². The van der Waals surface area contributed by atoms with Crippen LogP contribution in [0, 0.1) is 13.8 Å². The minimum Gasteiger partial charge on any atom is -0.546 e. The van der Waals surface area contributed by atoms with Gasteiger partial charge in [-0.15, -0.1) is 0 Å². The maximum absolute atomic E-state index is 10.1. The van der Waals surface area contributed by atoms with Crippen molar-refractivity contribution < 1.29 is 33.5 Å². The normalized spacial score (nSPS) is 9.00. The Morgan fingerprint density at radius 3 is 2.64 bits per heavy atom. The van der Waals surface area contributed by atoms with Crippen molar-refractivity contribution in [3.8, 4) is 5.75 Å². The van der Waals surface area contributed by atoms with Crippen LogP contribution in [0.2, 0.25) is 0 Å². The van der Waals surface area contributed by atoms with Gasteiger partial charge < -0.3 is 14.6 Å². The Morgan fingerprint density at radius 1 is 1.43 bits per heavy atom. The van der Waals surface area contributed by atoms with Crippen LogP contribution < -0.4 is 28.7 Å². The van der Waals surface area contributed by atoms with Crippen LogP contribution in [0.1, 0.15) is 11.1 Å². The van der Waals surface area contributed by atoms with Gasteiger partial charge in [-0.3, -0.25) is 0 Å². The summed E-state index contributed by atoms with van der Waals surface area (Å²) in [5.41, 5.74) is 1.96. The van der Waals surface area contributed by atoms with E-state index in [2.05, 4.69) is 0 Å². The molecule has 0 aliphatic carbocycles. The summed E-state index contributed by atoms with van der Waals surface area (Å²) in [4.78, 5) is 10.1. The molecule has 0 fully saturated rings. The predicted octanol–water partition coefficient (Wildman–Crippen LogP) is -2.56. The van der Waals surface area contributed by atoms with Crippen LogP contribution in [0.25, 0.3) is 0 Å². The fraction of sp³-hybridized carbons (Fsp3) is 0.300. The number of carbonyl (C=O) groups is 1. The van der Waals surface area contributed by atoms with Gasteiger partial charge in [-0.2, -0.15) is 0 Å². The number of aliphatic carboxylic acids is 1. The van der Waals surface area contributed by atoms with Crippen LogP contribution >= 0.6 is 0 Å². The molecule has 0 radical (unpaired) electrons. The molecule has 0 aromatic heterocycles. The SMILES string of the molecule is Cc1ccc(C)c(OCC(=O)[O-])c1.[Li+]. The number of hydrogen-bond acceptors (Lipinski definition) is 3. The maximum atomic E-state index is 10.1. The number of aryl methyl sites for hydroxylation is 2. The zero-order valence-electron chi connectivity index (χ0n) is 8.66. The first-order valence-corrected chi connectivity index (χ1v) is 3.99. The molecule has 0 spiro atoms. The molecule has 0 aliphatic rings. The van der Waals surface area contributed by atoms with Crippen molar-refractivity contribution in [2.45, 2.75) is 13.8 Å². The Hall–Kier alpha value is -0.913. The molecule has 1 rings (SSSR count). The van der Waals surface area contributed by atoms with Gasteiger partial charge in [-0.25, -0.2) is 0 Å². The molecular weight excluding hydrogens is 175 g/mol. The van der Waals surface area contributed by atoms with Gasteiger partial charge >= 0.3 is 18.9 Å². The molecule has 0 aliphatic heterocycles. The Morgan fingerprint density at radius 2 is 2.07 bits per heavy atom. The molecule has 0 N–H and O–H groups in total. The number of carboxylic acids is 1. The van der Waals surface area contributed by atoms with Gasteiger partial charge in [-0.05, 0) is 31.0 Å². The third-order valence-corrected chi connectivity index (χ3v) is 1.69. The predicted molar refractivity (Wildman–Crippen MR) is 46.4 cm³/mol. The Balaban J connectivity index is 0.00000169. The number of hydrogen-bond donors (Lipinski definition) is 0. The molecule has 0 unspecified atom stereocenters. The molecule has 0 heterocycles. The molecular formula is C10H11LiO3. The zero-order chi connectivity index (χ0) is 9.84. The van der Waals surface area contributed by atoms with Gasteiger partial charge in [0.05, 0.1) is 5.97 Å². The second-order valence-electron chi connectivity index (χ2n) is 2.93. The van der Waals surface area contributed by atoms with Crippen LogP contribution in [0.15, 0.2) is 18.2 Å². The van der Waals surface area contributed by atoms with Crippen LogP contribution in [0.5, 0.6) is 5.75 Å². The van der Waals surface area contributed by atoms with Crippen molar-refractivity contribution >= 4 is 5.97 Å². The van der Waals surface area contributed by atoms with Crippen molar-refractivity contribution in [1.29, 1.82) is 0 Å². The van der Waals surface area contributed by atoms with Crippen LogP contribution in [-0.4, -0.2) is 12.6 Å². The summed E-state index contributed by atoms with van der Waals surface area (Å²) in [6, 6.07) is 5.64. The summed E-state index contributed by atoms with van der Waals surface area (Å²) in [5.74, 6) is -0.606. The molecule has 14 heavy (non-hydrogen) atoms. The minimum absolute atomic E-state index is 0. The molecule has 3 nitrogen and oxygen atoms in total. The molecule has 70 valence electrons. The van der Waals surface area contributed by atoms with Crippen LogP contribution in [0.4, 0.5) is 0 Å². The van der Waals surface area contributed by atoms with Crippen molar-refractivity contribution in [3.05, 3.63) is 29.3 Å². The van der Waals surface area contributed by atoms with Crippen molar-refractivity contribution in [2.75, 3.05) is 6.61 Å². The van der Waals surface area contributed by atoms with Gasteiger partial charge in [0.1, 0.15) is 12.4 Å². The largest absolute Gasteiger partial charge is 1.00 e. The van der Waals surface area contributed by atoms with Crippen LogP contribution in [-0.2, 0) is 4.79 Å². The zero-order valence-corrected chi connectivity index (χ0v) is 8.66. The summed E-state index contributed by atoms with van der Waals surface area (Å²) >= 11 is 0. The first-order chi connectivity index (χ1) is 6.09. The molecule has 0 atom stereocenters. The van der Waals surface area contributed by atoms with E-state index < -0.39 is 12.6 Å². The van der Waals surface area contributed by atoms with Crippen molar-refractivity contribution in [2.24, 2.45) is 0 Å². The molecule has 4 heteroatoms. The fourth-order valence-electron chi connectivity index (χ4n) is 0.999. The first-order valence-electron chi connectivity index (χ1n) is 3.99. The molecule has 1 aromatic carbocycles. The monoisotopic (exact) mass is 186 g/mol. The summed E-state index contributed by atoms with van der Waals surface area (Å²) in [6.45, 7) is 3.39. The third kappa shape index (κ3) is 3.86. The van der Waals surface area contributed by atoms with E-state index in [1.807, 2.05) is 26.0 Å². The van der Waals surface area contributed by atoms with E-state index in [1.165, 1.54) is 0 Å². The molecule has 0 saturated carbocycles. The van der Waals surface area contributed by atoms with E-state index in [1.54, 1.807) is 6.07 Å². The van der Waals surface area contributed by atoms with Gasteiger partial charge in [0.15, 0.2) is 0 Å². The molecule has 0 bridgehead atoms. The first kappa shape index (κ1) is 13.1.